The quantitative estimate of drug-likeness (QED) is 0.781. The van der Waals surface area contributed by atoms with Gasteiger partial charge in [0.15, 0.2) is 0 Å². The summed E-state index contributed by atoms with van der Waals surface area (Å²) < 4.78 is 0. The van der Waals surface area contributed by atoms with E-state index in [1.165, 1.54) is 5.06 Å². The van der Waals surface area contributed by atoms with Crippen molar-refractivity contribution in [2.75, 3.05) is 6.54 Å². The summed E-state index contributed by atoms with van der Waals surface area (Å²) >= 11 is 0. The number of hydrogen-bond donors (Lipinski definition) is 0. The molecule has 4 nitrogen and oxygen atoms in total. The summed E-state index contributed by atoms with van der Waals surface area (Å²) in [5.74, 6) is -0.295. The number of carbonyl (C=O) groups is 2. The Morgan fingerprint density at radius 1 is 1.35 bits per heavy atom. The van der Waals surface area contributed by atoms with Crippen molar-refractivity contribution in [3.63, 3.8) is 0 Å². The summed E-state index contributed by atoms with van der Waals surface area (Å²) in [6.45, 7) is 2.14. The topological polar surface area (TPSA) is 46.6 Å². The van der Waals surface area contributed by atoms with E-state index < -0.39 is 5.97 Å². The second kappa shape index (κ2) is 5.10. The number of nitrogens with zero attached hydrogens (tertiary/aromatic N) is 1. The van der Waals surface area contributed by atoms with Gasteiger partial charge in [0.2, 0.25) is 0 Å². The molecule has 0 bridgehead atoms. The van der Waals surface area contributed by atoms with E-state index in [-0.39, 0.29) is 18.4 Å². The Labute approximate surface area is 100 Å². The molecule has 1 saturated heterocycles. The smallest absolute Gasteiger partial charge is 0.357 e. The van der Waals surface area contributed by atoms with Gasteiger partial charge in [-0.25, -0.2) is 4.79 Å². The Bertz CT molecular complexity index is 416. The van der Waals surface area contributed by atoms with Crippen molar-refractivity contribution in [3.8, 4) is 0 Å². The monoisotopic (exact) mass is 233 g/mol. The molecule has 0 unspecified atom stereocenters. The summed E-state index contributed by atoms with van der Waals surface area (Å²) in [4.78, 5) is 28.3. The molecule has 0 saturated carbocycles. The van der Waals surface area contributed by atoms with E-state index in [9.17, 15) is 9.59 Å². The average molecular weight is 233 g/mol. The molecule has 2 rings (SSSR count). The van der Waals surface area contributed by atoms with Gasteiger partial charge in [-0.05, 0) is 25.5 Å². The van der Waals surface area contributed by atoms with E-state index in [1.54, 1.807) is 24.3 Å². The van der Waals surface area contributed by atoms with Gasteiger partial charge < -0.3 is 4.84 Å². The molecule has 90 valence electrons. The minimum atomic E-state index is -0.410. The molecule has 0 aromatic heterocycles. The van der Waals surface area contributed by atoms with Crippen LogP contribution in [0.5, 0.6) is 0 Å². The number of hydroxylamine groups is 2. The Balaban J connectivity index is 2.01. The molecule has 1 fully saturated rings. The highest BCUT2D eigenvalue weighted by Crippen LogP contribution is 2.15. The summed E-state index contributed by atoms with van der Waals surface area (Å²) in [5, 5.41) is 1.47. The van der Waals surface area contributed by atoms with E-state index in [4.69, 9.17) is 4.84 Å². The van der Waals surface area contributed by atoms with Crippen molar-refractivity contribution in [2.45, 2.75) is 25.8 Å². The average Bonchev–Trinajstić information content (AvgIpc) is 2.35. The third-order valence-corrected chi connectivity index (χ3v) is 2.87. The van der Waals surface area contributed by atoms with Gasteiger partial charge >= 0.3 is 5.97 Å². The lowest BCUT2D eigenvalue weighted by atomic mass is 10.1. The third-order valence-electron chi connectivity index (χ3n) is 2.87. The van der Waals surface area contributed by atoms with Gasteiger partial charge in [-0.1, -0.05) is 18.2 Å². The van der Waals surface area contributed by atoms with Crippen molar-refractivity contribution < 1.29 is 14.4 Å². The van der Waals surface area contributed by atoms with Crippen molar-refractivity contribution in [1.82, 2.24) is 5.06 Å². The van der Waals surface area contributed by atoms with Crippen LogP contribution < -0.4 is 0 Å². The van der Waals surface area contributed by atoms with Crippen molar-refractivity contribution >= 4 is 11.8 Å². The summed E-state index contributed by atoms with van der Waals surface area (Å²) in [7, 11) is 0. The normalized spacial score (nSPS) is 21.2. The molecule has 1 aromatic rings. The predicted octanol–water partition coefficient (Wildman–Crippen LogP) is 1.81. The molecule has 1 aromatic carbocycles. The largest absolute Gasteiger partial charge is 0.363 e. The SMILES string of the molecule is C[C@H]1CCC(=O)CN1OC(=O)c1ccccc1. The fraction of sp³-hybridized carbons (Fsp3) is 0.385. The van der Waals surface area contributed by atoms with Crippen LogP contribution in [0.4, 0.5) is 0 Å². The molecule has 0 N–H and O–H groups in total. The number of carbonyl (C=O) groups excluding carboxylic acids is 2. The fourth-order valence-electron chi connectivity index (χ4n) is 1.78. The highest BCUT2D eigenvalue weighted by atomic mass is 16.7. The second-order valence-corrected chi connectivity index (χ2v) is 4.25. The Hall–Kier alpha value is -1.68. The lowest BCUT2D eigenvalue weighted by Gasteiger charge is -2.30. The van der Waals surface area contributed by atoms with E-state index in [0.717, 1.165) is 6.42 Å². The highest BCUT2D eigenvalue weighted by Gasteiger charge is 2.27. The van der Waals surface area contributed by atoms with Crippen LogP contribution in [0.25, 0.3) is 0 Å². The maximum absolute atomic E-state index is 11.8. The first-order chi connectivity index (χ1) is 8.16. The van der Waals surface area contributed by atoms with Crippen LogP contribution in [0.3, 0.4) is 0 Å². The molecule has 1 aliphatic rings. The van der Waals surface area contributed by atoms with Gasteiger partial charge in [0.1, 0.15) is 5.78 Å². The number of hydrogen-bond acceptors (Lipinski definition) is 4. The van der Waals surface area contributed by atoms with E-state index >= 15 is 0 Å². The minimum absolute atomic E-state index is 0.0976. The molecule has 1 aliphatic heterocycles. The summed E-state index contributed by atoms with van der Waals surface area (Å²) in [6.07, 6.45) is 1.31. The molecule has 1 atom stereocenters. The molecule has 0 radical (unpaired) electrons. The van der Waals surface area contributed by atoms with Crippen molar-refractivity contribution in [2.24, 2.45) is 0 Å². The summed E-state index contributed by atoms with van der Waals surface area (Å²) in [5.41, 5.74) is 0.498. The predicted molar refractivity (Wildman–Crippen MR) is 62.3 cm³/mol. The van der Waals surface area contributed by atoms with Gasteiger partial charge in [-0.2, -0.15) is 0 Å². The van der Waals surface area contributed by atoms with Crippen LogP contribution in [0.15, 0.2) is 30.3 Å². The van der Waals surface area contributed by atoms with Gasteiger partial charge in [0.25, 0.3) is 0 Å². The first-order valence-electron chi connectivity index (χ1n) is 5.72. The first kappa shape index (κ1) is 11.8. The van der Waals surface area contributed by atoms with Crippen LogP contribution in [0.2, 0.25) is 0 Å². The number of rotatable bonds is 2. The lowest BCUT2D eigenvalue weighted by molar-refractivity contribution is -0.160. The van der Waals surface area contributed by atoms with Gasteiger partial charge in [0, 0.05) is 12.5 Å². The third kappa shape index (κ3) is 2.91. The molecule has 0 spiro atoms. The van der Waals surface area contributed by atoms with Crippen LogP contribution in [0, 0.1) is 0 Å². The van der Waals surface area contributed by atoms with Gasteiger partial charge in [-0.15, -0.1) is 5.06 Å². The molecule has 1 heterocycles. The zero-order valence-corrected chi connectivity index (χ0v) is 9.76. The maximum atomic E-state index is 11.8. The zero-order valence-electron chi connectivity index (χ0n) is 9.76. The van der Waals surface area contributed by atoms with Crippen LogP contribution in [-0.4, -0.2) is 29.4 Å². The first-order valence-corrected chi connectivity index (χ1v) is 5.72. The van der Waals surface area contributed by atoms with Crippen LogP contribution in [-0.2, 0) is 9.63 Å². The lowest BCUT2D eigenvalue weighted by Crippen LogP contribution is -2.43. The number of Topliss-reactive ketones (excluding diaryl/α,β-unsaturated/α-hetero) is 1. The Kier molecular flexibility index (Phi) is 3.54. The molecule has 0 amide bonds. The van der Waals surface area contributed by atoms with Crippen molar-refractivity contribution in [1.29, 1.82) is 0 Å². The number of piperidine rings is 1. The number of ketones is 1. The Morgan fingerprint density at radius 3 is 2.76 bits per heavy atom. The maximum Gasteiger partial charge on any atom is 0.357 e. The van der Waals surface area contributed by atoms with Gasteiger partial charge in [0.05, 0.1) is 12.1 Å². The van der Waals surface area contributed by atoms with E-state index in [0.29, 0.717) is 12.0 Å². The highest BCUT2D eigenvalue weighted by molar-refractivity contribution is 5.89. The fourth-order valence-corrected chi connectivity index (χ4v) is 1.78. The van der Waals surface area contributed by atoms with E-state index in [2.05, 4.69) is 0 Å². The van der Waals surface area contributed by atoms with Gasteiger partial charge in [-0.3, -0.25) is 4.79 Å². The molecule has 4 heteroatoms. The second-order valence-electron chi connectivity index (χ2n) is 4.25. The van der Waals surface area contributed by atoms with Crippen LogP contribution in [0.1, 0.15) is 30.1 Å². The standard InChI is InChI=1S/C13H15NO3/c1-10-7-8-12(15)9-14(10)17-13(16)11-5-3-2-4-6-11/h2-6,10H,7-9H2,1H3/t10-/m0/s1. The minimum Gasteiger partial charge on any atom is -0.363 e. The Morgan fingerprint density at radius 2 is 2.06 bits per heavy atom. The zero-order chi connectivity index (χ0) is 12.3. The molecule has 17 heavy (non-hydrogen) atoms. The summed E-state index contributed by atoms with van der Waals surface area (Å²) in [6, 6.07) is 8.88. The number of benzene rings is 1. The van der Waals surface area contributed by atoms with Crippen LogP contribution >= 0.6 is 0 Å². The van der Waals surface area contributed by atoms with E-state index in [1.807, 2.05) is 13.0 Å². The molecular formula is C13H15NO3. The van der Waals surface area contributed by atoms with Crippen molar-refractivity contribution in [3.05, 3.63) is 35.9 Å². The molecular weight excluding hydrogens is 218 g/mol. The molecule has 0 aliphatic carbocycles.